The van der Waals surface area contributed by atoms with Crippen molar-refractivity contribution in [3.63, 3.8) is 0 Å². The molecule has 0 aliphatic heterocycles. The lowest BCUT2D eigenvalue weighted by atomic mass is 10.0. The normalized spacial score (nSPS) is 10.6. The summed E-state index contributed by atoms with van der Waals surface area (Å²) in [4.78, 5) is 9.86. The van der Waals surface area contributed by atoms with Gasteiger partial charge in [-0.15, -0.1) is 0 Å². The molecule has 0 unspecified atom stereocenters. The summed E-state index contributed by atoms with van der Waals surface area (Å²) in [5.41, 5.74) is 0. The maximum Gasteiger partial charge on any atom is 0.198 e. The van der Waals surface area contributed by atoms with Crippen LogP contribution in [-0.2, 0) is 4.79 Å². The molecule has 0 saturated carbocycles. The van der Waals surface area contributed by atoms with E-state index in [-0.39, 0.29) is 0 Å². The maximum absolute atomic E-state index is 9.86. The lowest BCUT2D eigenvalue weighted by Gasteiger charge is -2.03. The first-order valence-corrected chi connectivity index (χ1v) is 5.12. The van der Waals surface area contributed by atoms with Gasteiger partial charge in [-0.2, -0.15) is 0 Å². The molecule has 0 aromatic carbocycles. The summed E-state index contributed by atoms with van der Waals surface area (Å²) >= 11 is 0. The number of carbonyl (C=O) groups excluding carboxylic acids is 1. The number of rotatable bonds is 8. The van der Waals surface area contributed by atoms with Gasteiger partial charge in [0, 0.05) is 6.42 Å². The van der Waals surface area contributed by atoms with Crippen molar-refractivity contribution in [3.8, 4) is 0 Å². The largest absolute Gasteiger partial charge is 0.291 e. The highest BCUT2D eigenvalue weighted by Crippen LogP contribution is 2.10. The van der Waals surface area contributed by atoms with Crippen LogP contribution in [0.15, 0.2) is 0 Å². The zero-order valence-electron chi connectivity index (χ0n) is 8.44. The average Bonchev–Trinajstić information content (AvgIpc) is 2.02. The van der Waals surface area contributed by atoms with Gasteiger partial charge in [0.1, 0.15) is 0 Å². The van der Waals surface area contributed by atoms with E-state index in [0.717, 1.165) is 12.3 Å². The third-order valence-corrected chi connectivity index (χ3v) is 2.06. The molecule has 0 amide bonds. The Morgan fingerprint density at radius 1 is 1.00 bits per heavy atom. The van der Waals surface area contributed by atoms with Crippen molar-refractivity contribution in [1.82, 2.24) is 0 Å². The predicted octanol–water partition coefficient (Wildman–Crippen LogP) is 3.48. The van der Waals surface area contributed by atoms with Crippen LogP contribution in [0.5, 0.6) is 0 Å². The third-order valence-electron chi connectivity index (χ3n) is 2.06. The molecule has 0 N–H and O–H groups in total. The Morgan fingerprint density at radius 3 is 2.17 bits per heavy atom. The second-order valence-corrected chi connectivity index (χ2v) is 3.84. The number of hydrogen-bond acceptors (Lipinski definition) is 1. The average molecular weight is 169 g/mol. The van der Waals surface area contributed by atoms with Gasteiger partial charge < -0.3 is 0 Å². The minimum absolute atomic E-state index is 0.629. The van der Waals surface area contributed by atoms with Crippen molar-refractivity contribution in [3.05, 3.63) is 0 Å². The molecule has 0 heterocycles. The molecule has 0 fully saturated rings. The first-order valence-electron chi connectivity index (χ1n) is 5.12. The fraction of sp³-hybridized carbons (Fsp3) is 0.909. The lowest BCUT2D eigenvalue weighted by Crippen LogP contribution is -1.87. The van der Waals surface area contributed by atoms with Crippen molar-refractivity contribution in [2.45, 2.75) is 58.8 Å². The topological polar surface area (TPSA) is 17.1 Å². The molecule has 71 valence electrons. The molecule has 0 bridgehead atoms. The summed E-state index contributed by atoms with van der Waals surface area (Å²) in [5, 5.41) is 0. The minimum Gasteiger partial charge on any atom is -0.291 e. The number of unbranched alkanes of at least 4 members (excludes halogenated alkanes) is 5. The third kappa shape index (κ3) is 9.67. The predicted molar refractivity (Wildman–Crippen MR) is 52.9 cm³/mol. The van der Waals surface area contributed by atoms with Gasteiger partial charge in [-0.05, 0) is 12.3 Å². The molecule has 0 spiro atoms. The van der Waals surface area contributed by atoms with E-state index in [4.69, 9.17) is 0 Å². The van der Waals surface area contributed by atoms with Crippen LogP contribution in [0.4, 0.5) is 0 Å². The van der Waals surface area contributed by atoms with E-state index < -0.39 is 0 Å². The Bertz CT molecular complexity index is 97.2. The lowest BCUT2D eigenvalue weighted by molar-refractivity contribution is 0.512. The summed E-state index contributed by atoms with van der Waals surface area (Å²) in [6.07, 6.45) is 10.1. The van der Waals surface area contributed by atoms with Crippen LogP contribution in [0.1, 0.15) is 58.8 Å². The van der Waals surface area contributed by atoms with E-state index in [1.807, 2.05) is 6.29 Å². The van der Waals surface area contributed by atoms with E-state index in [2.05, 4.69) is 13.8 Å². The Morgan fingerprint density at radius 2 is 1.58 bits per heavy atom. The van der Waals surface area contributed by atoms with Crippen molar-refractivity contribution < 1.29 is 4.79 Å². The first-order chi connectivity index (χ1) is 5.77. The standard InChI is InChI=1S/C11H21O/c1-11(2)9-7-5-3-4-6-8-10-12/h11H,3-9H2,1-2H3. The molecular weight excluding hydrogens is 148 g/mol. The molecule has 0 saturated heterocycles. The Kier molecular flexibility index (Phi) is 8.52. The van der Waals surface area contributed by atoms with Crippen LogP contribution in [0.3, 0.4) is 0 Å². The summed E-state index contributed by atoms with van der Waals surface area (Å²) in [6.45, 7) is 4.53. The minimum atomic E-state index is 0.629. The second-order valence-electron chi connectivity index (χ2n) is 3.84. The van der Waals surface area contributed by atoms with Crippen LogP contribution in [0.2, 0.25) is 0 Å². The smallest absolute Gasteiger partial charge is 0.198 e. The van der Waals surface area contributed by atoms with Gasteiger partial charge in [0.05, 0.1) is 0 Å². The summed E-state index contributed by atoms with van der Waals surface area (Å²) < 4.78 is 0. The maximum atomic E-state index is 9.86. The van der Waals surface area contributed by atoms with Crippen LogP contribution >= 0.6 is 0 Å². The van der Waals surface area contributed by atoms with E-state index in [0.29, 0.717) is 6.42 Å². The van der Waals surface area contributed by atoms with Crippen molar-refractivity contribution in [2.75, 3.05) is 0 Å². The van der Waals surface area contributed by atoms with Crippen molar-refractivity contribution >= 4 is 6.29 Å². The van der Waals surface area contributed by atoms with Gasteiger partial charge in [-0.1, -0.05) is 46.0 Å². The monoisotopic (exact) mass is 169 g/mol. The Labute approximate surface area is 76.6 Å². The zero-order chi connectivity index (χ0) is 9.23. The summed E-state index contributed by atoms with van der Waals surface area (Å²) in [6, 6.07) is 0. The second kappa shape index (κ2) is 8.76. The van der Waals surface area contributed by atoms with E-state index in [9.17, 15) is 4.79 Å². The van der Waals surface area contributed by atoms with Crippen LogP contribution in [0, 0.1) is 5.92 Å². The Hall–Kier alpha value is -0.330. The molecular formula is C11H21O. The van der Waals surface area contributed by atoms with E-state index >= 15 is 0 Å². The van der Waals surface area contributed by atoms with Gasteiger partial charge in [-0.25, -0.2) is 0 Å². The molecule has 1 heteroatoms. The quantitative estimate of drug-likeness (QED) is 0.508. The number of hydrogen-bond donors (Lipinski definition) is 0. The zero-order valence-corrected chi connectivity index (χ0v) is 8.44. The van der Waals surface area contributed by atoms with Gasteiger partial charge in [-0.3, -0.25) is 4.79 Å². The highest BCUT2D eigenvalue weighted by atomic mass is 16.1. The van der Waals surface area contributed by atoms with Gasteiger partial charge in [0.15, 0.2) is 6.29 Å². The molecule has 0 aliphatic carbocycles. The molecule has 0 rings (SSSR count). The van der Waals surface area contributed by atoms with Gasteiger partial charge in [0.25, 0.3) is 0 Å². The molecule has 0 aromatic rings. The molecule has 0 atom stereocenters. The molecule has 1 radical (unpaired) electrons. The highest BCUT2D eigenvalue weighted by molar-refractivity contribution is 5.50. The van der Waals surface area contributed by atoms with Crippen molar-refractivity contribution in [2.24, 2.45) is 5.92 Å². The summed E-state index contributed by atoms with van der Waals surface area (Å²) in [7, 11) is 0. The molecule has 0 aromatic heterocycles. The SMILES string of the molecule is CC(C)CCCCCCC[C]=O. The Balaban J connectivity index is 2.86. The summed E-state index contributed by atoms with van der Waals surface area (Å²) in [5.74, 6) is 0.841. The van der Waals surface area contributed by atoms with Crippen LogP contribution < -0.4 is 0 Å². The fourth-order valence-corrected chi connectivity index (χ4v) is 1.28. The fourth-order valence-electron chi connectivity index (χ4n) is 1.28. The van der Waals surface area contributed by atoms with Crippen LogP contribution in [-0.4, -0.2) is 6.29 Å². The van der Waals surface area contributed by atoms with Crippen LogP contribution in [0.25, 0.3) is 0 Å². The van der Waals surface area contributed by atoms with E-state index in [1.165, 1.54) is 32.1 Å². The molecule has 0 aliphatic rings. The van der Waals surface area contributed by atoms with E-state index in [1.54, 1.807) is 0 Å². The first kappa shape index (κ1) is 11.7. The highest BCUT2D eigenvalue weighted by Gasteiger charge is 1.94. The molecule has 12 heavy (non-hydrogen) atoms. The van der Waals surface area contributed by atoms with Crippen molar-refractivity contribution in [1.29, 1.82) is 0 Å². The molecule has 1 nitrogen and oxygen atoms in total. The van der Waals surface area contributed by atoms with Gasteiger partial charge >= 0.3 is 0 Å². The van der Waals surface area contributed by atoms with Gasteiger partial charge in [0.2, 0.25) is 0 Å².